The molecule has 0 fully saturated rings. The lowest BCUT2D eigenvalue weighted by atomic mass is 10.2. The molecule has 2 aromatic heterocycles. The van der Waals surface area contributed by atoms with Crippen LogP contribution in [0.15, 0.2) is 71.6 Å². The zero-order valence-electron chi connectivity index (χ0n) is 14.1. The highest BCUT2D eigenvalue weighted by Crippen LogP contribution is 2.24. The van der Waals surface area contributed by atoms with Crippen LogP contribution in [0.3, 0.4) is 0 Å². The van der Waals surface area contributed by atoms with E-state index in [9.17, 15) is 4.79 Å². The van der Waals surface area contributed by atoms with Crippen LogP contribution in [0.1, 0.15) is 0 Å². The first-order valence-electron chi connectivity index (χ1n) is 7.94. The minimum Gasteiger partial charge on any atom is -0.465 e. The Morgan fingerprint density at radius 1 is 1.07 bits per heavy atom. The van der Waals surface area contributed by atoms with Gasteiger partial charge in [0, 0.05) is 30.7 Å². The van der Waals surface area contributed by atoms with Crippen LogP contribution in [0.4, 0.5) is 10.6 Å². The van der Waals surface area contributed by atoms with Crippen molar-refractivity contribution in [2.45, 2.75) is 0 Å². The fourth-order valence-corrected chi connectivity index (χ4v) is 2.14. The van der Waals surface area contributed by atoms with E-state index in [1.54, 1.807) is 12.2 Å². The quantitative estimate of drug-likeness (QED) is 0.709. The second-order valence-corrected chi connectivity index (χ2v) is 5.27. The lowest BCUT2D eigenvalue weighted by molar-refractivity contribution is 0.166. The van der Waals surface area contributed by atoms with Crippen molar-refractivity contribution >= 4 is 11.9 Å². The molecule has 9 nitrogen and oxygen atoms in total. The van der Waals surface area contributed by atoms with E-state index in [4.69, 9.17) is 15.3 Å². The van der Waals surface area contributed by atoms with Gasteiger partial charge in [0.05, 0.1) is 0 Å². The first-order valence-corrected chi connectivity index (χ1v) is 7.94. The van der Waals surface area contributed by atoms with Gasteiger partial charge in [-0.2, -0.15) is 0 Å². The van der Waals surface area contributed by atoms with Crippen molar-refractivity contribution in [3.05, 3.63) is 67.2 Å². The number of carboxylic acid groups (broad SMARTS) is 1. The monoisotopic (exact) mass is 364 g/mol. The number of nitrogen functional groups attached to an aromatic ring is 1. The van der Waals surface area contributed by atoms with Gasteiger partial charge in [0.15, 0.2) is 11.5 Å². The Hall–Kier alpha value is -4.01. The molecule has 1 aliphatic rings. The minimum atomic E-state index is -0.907. The predicted molar refractivity (Wildman–Crippen MR) is 98.2 cm³/mol. The summed E-state index contributed by atoms with van der Waals surface area (Å²) < 4.78 is 5.53. The van der Waals surface area contributed by atoms with Crippen LogP contribution in [0.2, 0.25) is 0 Å². The highest BCUT2D eigenvalue weighted by molar-refractivity contribution is 5.67. The number of amides is 1. The fourth-order valence-electron chi connectivity index (χ4n) is 2.14. The standard InChI is InChI=1S/C12H9N5O.C6H7NO2/c13-10-9(14-6-7-15-10)12-17-16-11(18-12)8-4-2-1-3-5-8;8-6(9)7-4-2-1-3-5-7/h1-7H,(H2,13,15);1-4H,5H2,(H,8,9). The third-order valence-corrected chi connectivity index (χ3v) is 3.44. The van der Waals surface area contributed by atoms with E-state index < -0.39 is 6.09 Å². The maximum Gasteiger partial charge on any atom is 0.411 e. The van der Waals surface area contributed by atoms with Crippen LogP contribution >= 0.6 is 0 Å². The SMILES string of the molecule is Nc1nccnc1-c1nnc(-c2ccccc2)o1.O=C(O)N1C=CC=CC1. The maximum atomic E-state index is 10.2. The molecule has 27 heavy (non-hydrogen) atoms. The van der Waals surface area contributed by atoms with Crippen LogP contribution < -0.4 is 5.73 Å². The summed E-state index contributed by atoms with van der Waals surface area (Å²) in [6.07, 6.45) is 8.95. The number of hydrogen-bond acceptors (Lipinski definition) is 7. The lowest BCUT2D eigenvalue weighted by Gasteiger charge is -2.12. The van der Waals surface area contributed by atoms with Crippen molar-refractivity contribution in [2.75, 3.05) is 12.3 Å². The second-order valence-electron chi connectivity index (χ2n) is 5.27. The van der Waals surface area contributed by atoms with Gasteiger partial charge < -0.3 is 15.3 Å². The number of aromatic nitrogens is 4. The van der Waals surface area contributed by atoms with Gasteiger partial charge >= 0.3 is 6.09 Å². The Balaban J connectivity index is 0.000000197. The summed E-state index contributed by atoms with van der Waals surface area (Å²) in [5.41, 5.74) is 6.94. The molecule has 0 aliphatic carbocycles. The van der Waals surface area contributed by atoms with Gasteiger partial charge in [-0.05, 0) is 18.2 Å². The van der Waals surface area contributed by atoms with E-state index in [2.05, 4.69) is 20.2 Å². The summed E-state index contributed by atoms with van der Waals surface area (Å²) in [7, 11) is 0. The molecule has 3 aromatic rings. The highest BCUT2D eigenvalue weighted by atomic mass is 16.4. The Morgan fingerprint density at radius 2 is 1.81 bits per heavy atom. The summed E-state index contributed by atoms with van der Waals surface area (Å²) in [5.74, 6) is 0.955. The summed E-state index contributed by atoms with van der Waals surface area (Å²) in [5, 5.41) is 16.3. The molecule has 0 atom stereocenters. The molecule has 0 saturated carbocycles. The summed E-state index contributed by atoms with van der Waals surface area (Å²) in [6.45, 7) is 0.464. The first kappa shape index (κ1) is 17.8. The number of carbonyl (C=O) groups is 1. The van der Waals surface area contributed by atoms with E-state index in [-0.39, 0.29) is 11.7 Å². The second kappa shape index (κ2) is 8.39. The van der Waals surface area contributed by atoms with E-state index in [1.807, 2.05) is 36.4 Å². The Morgan fingerprint density at radius 3 is 2.44 bits per heavy atom. The lowest BCUT2D eigenvalue weighted by Crippen LogP contribution is -2.24. The van der Waals surface area contributed by atoms with Crippen molar-refractivity contribution in [2.24, 2.45) is 0 Å². The van der Waals surface area contributed by atoms with Gasteiger partial charge in [-0.1, -0.05) is 30.4 Å². The average Bonchev–Trinajstić information content (AvgIpc) is 3.20. The number of rotatable bonds is 2. The molecule has 1 aromatic carbocycles. The third-order valence-electron chi connectivity index (χ3n) is 3.44. The number of anilines is 1. The molecule has 1 aliphatic heterocycles. The maximum absolute atomic E-state index is 10.2. The van der Waals surface area contributed by atoms with Gasteiger partial charge in [-0.3, -0.25) is 4.90 Å². The molecular formula is C18H16N6O3. The largest absolute Gasteiger partial charge is 0.465 e. The molecule has 0 spiro atoms. The van der Waals surface area contributed by atoms with Crippen molar-refractivity contribution in [1.29, 1.82) is 0 Å². The number of nitrogens with two attached hydrogens (primary N) is 1. The summed E-state index contributed by atoms with van der Waals surface area (Å²) in [6, 6.07) is 9.49. The van der Waals surface area contributed by atoms with Crippen molar-refractivity contribution in [3.63, 3.8) is 0 Å². The van der Waals surface area contributed by atoms with Crippen LogP contribution in [0, 0.1) is 0 Å². The molecule has 3 heterocycles. The normalized spacial score (nSPS) is 12.4. The summed E-state index contributed by atoms with van der Waals surface area (Å²) >= 11 is 0. The molecule has 0 radical (unpaired) electrons. The average molecular weight is 364 g/mol. The number of nitrogens with zero attached hydrogens (tertiary/aromatic N) is 5. The van der Waals surface area contributed by atoms with E-state index in [0.717, 1.165) is 5.56 Å². The molecule has 0 unspecified atom stereocenters. The van der Waals surface area contributed by atoms with Gasteiger partial charge in [-0.15, -0.1) is 10.2 Å². The molecule has 0 saturated heterocycles. The summed E-state index contributed by atoms with van der Waals surface area (Å²) in [4.78, 5) is 19.4. The zero-order valence-corrected chi connectivity index (χ0v) is 14.1. The fraction of sp³-hybridized carbons (Fsp3) is 0.0556. The van der Waals surface area contributed by atoms with Gasteiger partial charge in [0.25, 0.3) is 5.89 Å². The van der Waals surface area contributed by atoms with Crippen LogP contribution in [0.25, 0.3) is 23.0 Å². The van der Waals surface area contributed by atoms with E-state index >= 15 is 0 Å². The molecule has 9 heteroatoms. The molecular weight excluding hydrogens is 348 g/mol. The van der Waals surface area contributed by atoms with Gasteiger partial charge in [0.1, 0.15) is 0 Å². The van der Waals surface area contributed by atoms with Crippen LogP contribution in [0.5, 0.6) is 0 Å². The molecule has 0 bridgehead atoms. The van der Waals surface area contributed by atoms with Gasteiger partial charge in [-0.25, -0.2) is 14.8 Å². The van der Waals surface area contributed by atoms with Crippen LogP contribution in [-0.4, -0.2) is 42.8 Å². The third kappa shape index (κ3) is 4.54. The smallest absolute Gasteiger partial charge is 0.411 e. The molecule has 4 rings (SSSR count). The topological polar surface area (TPSA) is 131 Å². The number of hydrogen-bond donors (Lipinski definition) is 2. The molecule has 3 N–H and O–H groups in total. The predicted octanol–water partition coefficient (Wildman–Crippen LogP) is 2.83. The van der Waals surface area contributed by atoms with Crippen molar-refractivity contribution in [3.8, 4) is 23.0 Å². The van der Waals surface area contributed by atoms with Gasteiger partial charge in [0.2, 0.25) is 5.89 Å². The molecule has 1 amide bonds. The van der Waals surface area contributed by atoms with Crippen LogP contribution in [-0.2, 0) is 0 Å². The van der Waals surface area contributed by atoms with E-state index in [0.29, 0.717) is 18.1 Å². The minimum absolute atomic E-state index is 0.263. The zero-order chi connectivity index (χ0) is 19.1. The van der Waals surface area contributed by atoms with E-state index in [1.165, 1.54) is 23.5 Å². The Bertz CT molecular complexity index is 968. The Kier molecular flexibility index (Phi) is 5.53. The van der Waals surface area contributed by atoms with Crippen molar-refractivity contribution < 1.29 is 14.3 Å². The highest BCUT2D eigenvalue weighted by Gasteiger charge is 2.14. The first-order chi connectivity index (χ1) is 13.1. The Labute approximate surface area is 154 Å². The number of benzene rings is 1. The van der Waals surface area contributed by atoms with Crippen molar-refractivity contribution in [1.82, 2.24) is 25.1 Å². The molecule has 136 valence electrons. The number of allylic oxidation sites excluding steroid dienone is 2.